The average Bonchev–Trinajstić information content (AvgIpc) is 3.50. The molecule has 7 nitrogen and oxygen atoms in total. The summed E-state index contributed by atoms with van der Waals surface area (Å²) in [5.74, 6) is 3.05. The highest BCUT2D eigenvalue weighted by molar-refractivity contribution is 5.54. The zero-order valence-corrected chi connectivity index (χ0v) is 19.3. The number of fused-ring (bicyclic) bond motifs is 2. The fraction of sp³-hybridized carbons (Fsp3) is 0.462. The van der Waals surface area contributed by atoms with Crippen molar-refractivity contribution in [3.8, 4) is 23.0 Å². The van der Waals surface area contributed by atoms with Crippen LogP contribution in [0.25, 0.3) is 11.5 Å². The molecular weight excluding hydrogens is 416 g/mol. The molecule has 0 saturated heterocycles. The van der Waals surface area contributed by atoms with Crippen molar-refractivity contribution in [2.24, 2.45) is 0 Å². The van der Waals surface area contributed by atoms with Gasteiger partial charge in [0, 0.05) is 25.2 Å². The van der Waals surface area contributed by atoms with E-state index in [-0.39, 0.29) is 0 Å². The fourth-order valence-corrected chi connectivity index (χ4v) is 4.61. The predicted molar refractivity (Wildman–Crippen MR) is 128 cm³/mol. The molecule has 0 unspecified atom stereocenters. The Morgan fingerprint density at radius 3 is 2.36 bits per heavy atom. The minimum atomic E-state index is 0.325. The van der Waals surface area contributed by atoms with E-state index in [2.05, 4.69) is 34.1 Å². The maximum Gasteiger partial charge on any atom is 0.266 e. The van der Waals surface area contributed by atoms with Crippen LogP contribution in [0, 0.1) is 0 Å². The third-order valence-electron chi connectivity index (χ3n) is 6.45. The smallest absolute Gasteiger partial charge is 0.266 e. The van der Waals surface area contributed by atoms with Gasteiger partial charge in [0.1, 0.15) is 0 Å². The van der Waals surface area contributed by atoms with Gasteiger partial charge in [-0.2, -0.15) is 4.98 Å². The number of hydrogen-bond donors (Lipinski definition) is 0. The molecule has 174 valence electrons. The van der Waals surface area contributed by atoms with Crippen molar-refractivity contribution in [2.45, 2.75) is 45.1 Å². The second kappa shape index (κ2) is 10.3. The third kappa shape index (κ3) is 5.30. The van der Waals surface area contributed by atoms with Crippen LogP contribution in [0.1, 0.15) is 43.2 Å². The second-order valence-electron chi connectivity index (χ2n) is 8.98. The fourth-order valence-electron chi connectivity index (χ4n) is 4.61. The molecule has 0 spiro atoms. The van der Waals surface area contributed by atoms with Crippen LogP contribution in [-0.4, -0.2) is 48.5 Å². The highest BCUT2D eigenvalue weighted by atomic mass is 16.7. The summed E-state index contributed by atoms with van der Waals surface area (Å²) in [6.07, 6.45) is 6.67. The molecule has 7 heteroatoms. The highest BCUT2D eigenvalue weighted by Crippen LogP contribution is 2.36. The Bertz CT molecular complexity index is 1050. The van der Waals surface area contributed by atoms with E-state index >= 15 is 0 Å². The Kier molecular flexibility index (Phi) is 6.76. The summed E-state index contributed by atoms with van der Waals surface area (Å²) in [4.78, 5) is 9.38. The Labute approximate surface area is 195 Å². The number of anilines is 1. The van der Waals surface area contributed by atoms with Gasteiger partial charge in [-0.1, -0.05) is 24.6 Å². The van der Waals surface area contributed by atoms with E-state index in [1.54, 1.807) is 0 Å². The van der Waals surface area contributed by atoms with Gasteiger partial charge < -0.3 is 23.8 Å². The normalized spacial score (nSPS) is 18.0. The summed E-state index contributed by atoms with van der Waals surface area (Å²) in [7, 11) is 2.20. The summed E-state index contributed by atoms with van der Waals surface area (Å²) < 4.78 is 16.8. The first-order valence-electron chi connectivity index (χ1n) is 12.0. The first-order chi connectivity index (χ1) is 16.3. The van der Waals surface area contributed by atoms with E-state index < -0.39 is 0 Å². The molecule has 3 aromatic rings. The molecule has 33 heavy (non-hydrogen) atoms. The van der Waals surface area contributed by atoms with E-state index in [9.17, 15) is 0 Å². The standard InChI is InChI=1S/C26H32N4O3/c1-29-13-8-9-15-30(26-27-25(33-28-26)20-10-4-2-5-11-20)14-7-3-6-12-21-16-23-24(32-19-31-23)17-22(21)18-29/h2,4-5,10-11,16-17H,3,6-9,12-15,18-19H2,1H3. The molecule has 2 aliphatic heterocycles. The van der Waals surface area contributed by atoms with Crippen molar-refractivity contribution < 1.29 is 14.0 Å². The molecule has 0 N–H and O–H groups in total. The van der Waals surface area contributed by atoms with Crippen molar-refractivity contribution in [1.82, 2.24) is 15.0 Å². The van der Waals surface area contributed by atoms with Crippen molar-refractivity contribution in [3.05, 3.63) is 53.6 Å². The van der Waals surface area contributed by atoms with Gasteiger partial charge in [-0.05, 0) is 86.2 Å². The lowest BCUT2D eigenvalue weighted by atomic mass is 9.99. The van der Waals surface area contributed by atoms with Gasteiger partial charge in [-0.3, -0.25) is 0 Å². The molecular formula is C26H32N4O3. The van der Waals surface area contributed by atoms with Crippen molar-refractivity contribution in [1.29, 1.82) is 0 Å². The minimum absolute atomic E-state index is 0.325. The minimum Gasteiger partial charge on any atom is -0.454 e. The van der Waals surface area contributed by atoms with Crippen LogP contribution < -0.4 is 14.4 Å². The molecule has 0 bridgehead atoms. The molecule has 2 aliphatic rings. The first-order valence-corrected chi connectivity index (χ1v) is 12.0. The Morgan fingerprint density at radius 1 is 0.818 bits per heavy atom. The molecule has 0 fully saturated rings. The number of aromatic nitrogens is 2. The zero-order chi connectivity index (χ0) is 22.5. The molecule has 1 aromatic heterocycles. The van der Waals surface area contributed by atoms with Gasteiger partial charge in [0.05, 0.1) is 0 Å². The van der Waals surface area contributed by atoms with E-state index in [1.165, 1.54) is 11.1 Å². The number of benzene rings is 2. The molecule has 0 aliphatic carbocycles. The molecule has 5 rings (SSSR count). The van der Waals surface area contributed by atoms with E-state index in [1.807, 2.05) is 30.3 Å². The number of aryl methyl sites for hydroxylation is 1. The van der Waals surface area contributed by atoms with Crippen LogP contribution in [0.3, 0.4) is 0 Å². The summed E-state index contributed by atoms with van der Waals surface area (Å²) in [6, 6.07) is 14.3. The number of rotatable bonds is 2. The second-order valence-corrected chi connectivity index (χ2v) is 8.98. The van der Waals surface area contributed by atoms with Crippen molar-refractivity contribution in [2.75, 3.05) is 38.4 Å². The van der Waals surface area contributed by atoms with E-state index in [0.717, 1.165) is 81.8 Å². The Hall–Kier alpha value is -3.06. The molecule has 2 aromatic carbocycles. The maximum atomic E-state index is 5.63. The van der Waals surface area contributed by atoms with Crippen LogP contribution in [0.15, 0.2) is 47.0 Å². The molecule has 0 saturated carbocycles. The first kappa shape index (κ1) is 21.8. The van der Waals surface area contributed by atoms with Gasteiger partial charge >= 0.3 is 0 Å². The zero-order valence-electron chi connectivity index (χ0n) is 19.3. The van der Waals surface area contributed by atoms with Crippen LogP contribution >= 0.6 is 0 Å². The van der Waals surface area contributed by atoms with Crippen LogP contribution in [0.5, 0.6) is 11.5 Å². The SMILES string of the molecule is CN1CCCCN(c2noc(-c3ccccc3)n2)CCCCCc2cc3c(cc2C1)OCO3. The maximum absolute atomic E-state index is 5.63. The largest absolute Gasteiger partial charge is 0.454 e. The molecule has 0 atom stereocenters. The summed E-state index contributed by atoms with van der Waals surface area (Å²) in [5.41, 5.74) is 3.70. The lowest BCUT2D eigenvalue weighted by molar-refractivity contribution is 0.174. The third-order valence-corrected chi connectivity index (χ3v) is 6.45. The van der Waals surface area contributed by atoms with Gasteiger partial charge in [-0.25, -0.2) is 0 Å². The van der Waals surface area contributed by atoms with E-state index in [4.69, 9.17) is 19.0 Å². The molecule has 3 heterocycles. The van der Waals surface area contributed by atoms with Gasteiger partial charge in [-0.15, -0.1) is 0 Å². The summed E-state index contributed by atoms with van der Waals surface area (Å²) in [6.45, 7) is 4.19. The molecule has 0 amide bonds. The van der Waals surface area contributed by atoms with Crippen molar-refractivity contribution >= 4 is 5.95 Å². The number of ether oxygens (including phenoxy) is 2. The lowest BCUT2D eigenvalue weighted by Gasteiger charge is -2.23. The summed E-state index contributed by atoms with van der Waals surface area (Å²) in [5, 5.41) is 4.30. The quantitative estimate of drug-likeness (QED) is 0.552. The predicted octanol–water partition coefficient (Wildman–Crippen LogP) is 4.91. The van der Waals surface area contributed by atoms with Crippen LogP contribution in [0.4, 0.5) is 5.95 Å². The van der Waals surface area contributed by atoms with Crippen LogP contribution in [-0.2, 0) is 13.0 Å². The number of nitrogens with zero attached hydrogens (tertiary/aromatic N) is 4. The Morgan fingerprint density at radius 2 is 1.55 bits per heavy atom. The average molecular weight is 449 g/mol. The topological polar surface area (TPSA) is 63.9 Å². The lowest BCUT2D eigenvalue weighted by Crippen LogP contribution is -2.28. The van der Waals surface area contributed by atoms with Crippen LogP contribution in [0.2, 0.25) is 0 Å². The van der Waals surface area contributed by atoms with E-state index in [0.29, 0.717) is 18.6 Å². The Balaban J connectivity index is 1.27. The van der Waals surface area contributed by atoms with Gasteiger partial charge in [0.25, 0.3) is 11.8 Å². The van der Waals surface area contributed by atoms with Gasteiger partial charge in [0.2, 0.25) is 6.79 Å². The summed E-state index contributed by atoms with van der Waals surface area (Å²) >= 11 is 0. The van der Waals surface area contributed by atoms with Crippen molar-refractivity contribution in [3.63, 3.8) is 0 Å². The number of hydrogen-bond acceptors (Lipinski definition) is 7. The molecule has 0 radical (unpaired) electrons. The van der Waals surface area contributed by atoms with Gasteiger partial charge in [0.15, 0.2) is 11.5 Å². The highest BCUT2D eigenvalue weighted by Gasteiger charge is 2.19. The monoisotopic (exact) mass is 448 g/mol.